The van der Waals surface area contributed by atoms with Crippen molar-refractivity contribution in [1.29, 1.82) is 5.26 Å². The number of nitrogens with one attached hydrogen (secondary N) is 2. The molecular formula is C15H10F3N3S. The van der Waals surface area contributed by atoms with Gasteiger partial charge in [-0.15, -0.1) is 0 Å². The number of para-hydroxylation sites is 1. The number of anilines is 2. The highest BCUT2D eigenvalue weighted by atomic mass is 32.1. The lowest BCUT2D eigenvalue weighted by atomic mass is 10.1. The quantitative estimate of drug-likeness (QED) is 0.806. The van der Waals surface area contributed by atoms with Crippen molar-refractivity contribution < 1.29 is 13.2 Å². The first kappa shape index (κ1) is 15.8. The SMILES string of the molecule is N#Cc1cccc(NC(=S)Nc2ccccc2C(F)(F)F)c1. The summed E-state index contributed by atoms with van der Waals surface area (Å²) in [6.45, 7) is 0. The van der Waals surface area contributed by atoms with Crippen LogP contribution in [0.3, 0.4) is 0 Å². The number of hydrogen-bond acceptors (Lipinski definition) is 2. The summed E-state index contributed by atoms with van der Waals surface area (Å²) in [6, 6.07) is 13.5. The van der Waals surface area contributed by atoms with Crippen molar-refractivity contribution in [3.8, 4) is 6.07 Å². The second kappa shape index (κ2) is 6.45. The molecule has 0 saturated heterocycles. The first-order valence-electron chi connectivity index (χ1n) is 6.14. The summed E-state index contributed by atoms with van der Waals surface area (Å²) in [5, 5.41) is 14.1. The van der Waals surface area contributed by atoms with E-state index in [1.165, 1.54) is 18.2 Å². The van der Waals surface area contributed by atoms with Crippen molar-refractivity contribution in [2.75, 3.05) is 10.6 Å². The fourth-order valence-electron chi connectivity index (χ4n) is 1.79. The molecular weight excluding hydrogens is 311 g/mol. The highest BCUT2D eigenvalue weighted by Crippen LogP contribution is 2.34. The van der Waals surface area contributed by atoms with Gasteiger partial charge in [0.25, 0.3) is 0 Å². The Labute approximate surface area is 130 Å². The van der Waals surface area contributed by atoms with Gasteiger partial charge < -0.3 is 10.6 Å². The third kappa shape index (κ3) is 3.96. The van der Waals surface area contributed by atoms with Crippen LogP contribution < -0.4 is 10.6 Å². The van der Waals surface area contributed by atoms with Gasteiger partial charge in [-0.1, -0.05) is 18.2 Å². The molecule has 0 amide bonds. The molecule has 0 saturated carbocycles. The van der Waals surface area contributed by atoms with E-state index < -0.39 is 11.7 Å². The van der Waals surface area contributed by atoms with E-state index in [9.17, 15) is 13.2 Å². The highest BCUT2D eigenvalue weighted by Gasteiger charge is 2.33. The predicted molar refractivity (Wildman–Crippen MR) is 82.4 cm³/mol. The van der Waals surface area contributed by atoms with E-state index in [1.54, 1.807) is 24.3 Å². The molecule has 2 N–H and O–H groups in total. The minimum atomic E-state index is -4.47. The molecule has 3 nitrogen and oxygen atoms in total. The van der Waals surface area contributed by atoms with Crippen molar-refractivity contribution >= 4 is 28.7 Å². The average Bonchev–Trinajstić information content (AvgIpc) is 2.46. The first-order valence-corrected chi connectivity index (χ1v) is 6.55. The van der Waals surface area contributed by atoms with Crippen LogP contribution in [-0.2, 0) is 6.18 Å². The van der Waals surface area contributed by atoms with Crippen molar-refractivity contribution in [3.05, 3.63) is 59.7 Å². The monoisotopic (exact) mass is 321 g/mol. The standard InChI is InChI=1S/C15H10F3N3S/c16-15(17,18)12-6-1-2-7-13(12)21-14(22)20-11-5-3-4-10(8-11)9-19/h1-8H,(H2,20,21,22). The second-order valence-electron chi connectivity index (χ2n) is 4.32. The summed E-state index contributed by atoms with van der Waals surface area (Å²) >= 11 is 5.01. The van der Waals surface area contributed by atoms with Crippen molar-refractivity contribution in [3.63, 3.8) is 0 Å². The summed E-state index contributed by atoms with van der Waals surface area (Å²) in [5.41, 5.74) is -0.00149. The molecule has 0 spiro atoms. The zero-order valence-electron chi connectivity index (χ0n) is 11.1. The van der Waals surface area contributed by atoms with Gasteiger partial charge in [0.2, 0.25) is 0 Å². The number of thiocarbonyl (C=S) groups is 1. The molecule has 0 aliphatic rings. The van der Waals surface area contributed by atoms with Gasteiger partial charge in [-0.05, 0) is 42.5 Å². The lowest BCUT2D eigenvalue weighted by molar-refractivity contribution is -0.136. The van der Waals surface area contributed by atoms with Crippen LogP contribution in [0.5, 0.6) is 0 Å². The van der Waals surface area contributed by atoms with Crippen LogP contribution in [0, 0.1) is 11.3 Å². The molecule has 112 valence electrons. The molecule has 0 atom stereocenters. The summed E-state index contributed by atoms with van der Waals surface area (Å²) in [6.07, 6.45) is -4.47. The number of alkyl halides is 3. The third-order valence-electron chi connectivity index (χ3n) is 2.73. The Hall–Kier alpha value is -2.59. The van der Waals surface area contributed by atoms with Crippen LogP contribution >= 0.6 is 12.2 Å². The largest absolute Gasteiger partial charge is 0.418 e. The van der Waals surface area contributed by atoms with Crippen LogP contribution in [0.4, 0.5) is 24.5 Å². The molecule has 0 aliphatic heterocycles. The normalized spacial score (nSPS) is 10.6. The van der Waals surface area contributed by atoms with E-state index in [0.717, 1.165) is 6.07 Å². The lowest BCUT2D eigenvalue weighted by Gasteiger charge is -2.15. The Morgan fingerprint density at radius 2 is 1.77 bits per heavy atom. The Balaban J connectivity index is 2.15. The van der Waals surface area contributed by atoms with Crippen molar-refractivity contribution in [1.82, 2.24) is 0 Å². The molecule has 22 heavy (non-hydrogen) atoms. The predicted octanol–water partition coefficient (Wildman–Crippen LogP) is 4.39. The smallest absolute Gasteiger partial charge is 0.332 e. The van der Waals surface area contributed by atoms with E-state index in [2.05, 4.69) is 10.6 Å². The zero-order valence-corrected chi connectivity index (χ0v) is 11.9. The Morgan fingerprint density at radius 1 is 1.05 bits per heavy atom. The van der Waals surface area contributed by atoms with Gasteiger partial charge in [0.1, 0.15) is 0 Å². The van der Waals surface area contributed by atoms with Gasteiger partial charge >= 0.3 is 6.18 Å². The first-order chi connectivity index (χ1) is 10.4. The fraction of sp³-hybridized carbons (Fsp3) is 0.0667. The maximum atomic E-state index is 12.9. The molecule has 0 radical (unpaired) electrons. The van der Waals surface area contributed by atoms with Crippen molar-refractivity contribution in [2.45, 2.75) is 6.18 Å². The molecule has 0 fully saturated rings. The molecule has 2 rings (SSSR count). The number of hydrogen-bond donors (Lipinski definition) is 2. The minimum absolute atomic E-state index is 0.00629. The number of benzene rings is 2. The number of nitrogens with zero attached hydrogens (tertiary/aromatic N) is 1. The Kier molecular flexibility index (Phi) is 4.63. The van der Waals surface area contributed by atoms with Gasteiger partial charge in [0.05, 0.1) is 22.9 Å². The second-order valence-corrected chi connectivity index (χ2v) is 4.72. The van der Waals surface area contributed by atoms with Crippen LogP contribution in [0.1, 0.15) is 11.1 Å². The zero-order chi connectivity index (χ0) is 16.2. The summed E-state index contributed by atoms with van der Waals surface area (Å²) in [5.74, 6) is 0. The number of halogens is 3. The fourth-order valence-corrected chi connectivity index (χ4v) is 2.02. The Bertz CT molecular complexity index is 735. The molecule has 7 heteroatoms. The minimum Gasteiger partial charge on any atom is -0.332 e. The van der Waals surface area contributed by atoms with Gasteiger partial charge in [0.15, 0.2) is 5.11 Å². The maximum absolute atomic E-state index is 12.9. The summed E-state index contributed by atoms with van der Waals surface area (Å²) < 4.78 is 38.7. The molecule has 0 unspecified atom stereocenters. The summed E-state index contributed by atoms with van der Waals surface area (Å²) in [4.78, 5) is 0. The molecule has 0 heterocycles. The molecule has 2 aromatic rings. The Morgan fingerprint density at radius 3 is 2.45 bits per heavy atom. The van der Waals surface area contributed by atoms with E-state index in [0.29, 0.717) is 11.3 Å². The van der Waals surface area contributed by atoms with Crippen LogP contribution in [0.25, 0.3) is 0 Å². The van der Waals surface area contributed by atoms with Gasteiger partial charge in [-0.3, -0.25) is 0 Å². The van der Waals surface area contributed by atoms with Crippen LogP contribution in [0.2, 0.25) is 0 Å². The van der Waals surface area contributed by atoms with E-state index in [4.69, 9.17) is 17.5 Å². The number of nitriles is 1. The molecule has 0 bridgehead atoms. The van der Waals surface area contributed by atoms with E-state index in [1.807, 2.05) is 6.07 Å². The summed E-state index contributed by atoms with van der Waals surface area (Å²) in [7, 11) is 0. The van der Waals surface area contributed by atoms with Gasteiger partial charge in [-0.25, -0.2) is 0 Å². The van der Waals surface area contributed by atoms with Gasteiger partial charge in [-0.2, -0.15) is 18.4 Å². The number of rotatable bonds is 2. The van der Waals surface area contributed by atoms with Gasteiger partial charge in [0, 0.05) is 5.69 Å². The van der Waals surface area contributed by atoms with Crippen LogP contribution in [-0.4, -0.2) is 5.11 Å². The van der Waals surface area contributed by atoms with Crippen molar-refractivity contribution in [2.24, 2.45) is 0 Å². The van der Waals surface area contributed by atoms with E-state index >= 15 is 0 Å². The molecule has 0 aromatic heterocycles. The van der Waals surface area contributed by atoms with Crippen LogP contribution in [0.15, 0.2) is 48.5 Å². The lowest BCUT2D eigenvalue weighted by Crippen LogP contribution is -2.21. The maximum Gasteiger partial charge on any atom is 0.418 e. The highest BCUT2D eigenvalue weighted by molar-refractivity contribution is 7.80. The topological polar surface area (TPSA) is 47.9 Å². The average molecular weight is 321 g/mol. The van der Waals surface area contributed by atoms with E-state index in [-0.39, 0.29) is 10.8 Å². The molecule has 2 aromatic carbocycles. The third-order valence-corrected chi connectivity index (χ3v) is 2.93. The molecule has 0 aliphatic carbocycles.